The molecule has 1 aliphatic rings. The van der Waals surface area contributed by atoms with Gasteiger partial charge in [0.15, 0.2) is 0 Å². The van der Waals surface area contributed by atoms with Crippen molar-refractivity contribution in [2.45, 2.75) is 19.0 Å². The van der Waals surface area contributed by atoms with Crippen LogP contribution in [0.2, 0.25) is 5.02 Å². The maximum Gasteiger partial charge on any atom is 0.325 e. The number of nitrogens with one attached hydrogen (secondary N) is 1. The summed E-state index contributed by atoms with van der Waals surface area (Å²) in [6.07, 6.45) is -0.420. The molecule has 0 saturated carbocycles. The summed E-state index contributed by atoms with van der Waals surface area (Å²) in [7, 11) is 0. The van der Waals surface area contributed by atoms with E-state index < -0.39 is 30.4 Å². The third-order valence-electron chi connectivity index (χ3n) is 2.72. The topological polar surface area (TPSA) is 86.7 Å². The summed E-state index contributed by atoms with van der Waals surface area (Å²) < 4.78 is 0. The van der Waals surface area contributed by atoms with Crippen molar-refractivity contribution >= 4 is 29.5 Å². The highest BCUT2D eigenvalue weighted by Gasteiger charge is 2.38. The average molecular weight is 283 g/mol. The van der Waals surface area contributed by atoms with Gasteiger partial charge >= 0.3 is 12.0 Å². The number of carbonyl (C=O) groups is 3. The molecule has 1 aromatic carbocycles. The van der Waals surface area contributed by atoms with Gasteiger partial charge in [0, 0.05) is 5.02 Å². The van der Waals surface area contributed by atoms with Crippen LogP contribution in [-0.4, -0.2) is 34.0 Å². The molecule has 0 bridgehead atoms. The van der Waals surface area contributed by atoms with E-state index in [0.717, 1.165) is 4.90 Å². The Bertz CT molecular complexity index is 546. The minimum atomic E-state index is -1.14. The van der Waals surface area contributed by atoms with E-state index in [1.165, 1.54) is 0 Å². The van der Waals surface area contributed by atoms with Crippen LogP contribution in [0.3, 0.4) is 0 Å². The molecule has 2 N–H and O–H groups in total. The van der Waals surface area contributed by atoms with E-state index in [4.69, 9.17) is 16.7 Å². The first-order chi connectivity index (χ1) is 8.97. The Labute approximate surface area is 114 Å². The van der Waals surface area contributed by atoms with Crippen LogP contribution >= 0.6 is 11.6 Å². The number of nitrogens with zero attached hydrogens (tertiary/aromatic N) is 1. The molecule has 0 aromatic heterocycles. The first-order valence-corrected chi connectivity index (χ1v) is 5.93. The molecule has 7 heteroatoms. The number of aliphatic carboxylic acids is 1. The lowest BCUT2D eigenvalue weighted by molar-refractivity contribution is -0.140. The van der Waals surface area contributed by atoms with Crippen molar-refractivity contribution in [3.05, 3.63) is 34.9 Å². The van der Waals surface area contributed by atoms with Gasteiger partial charge in [0.2, 0.25) is 0 Å². The van der Waals surface area contributed by atoms with Gasteiger partial charge in [-0.3, -0.25) is 14.5 Å². The van der Waals surface area contributed by atoms with Gasteiger partial charge in [-0.05, 0) is 17.7 Å². The molecule has 0 aliphatic carbocycles. The second kappa shape index (κ2) is 5.27. The van der Waals surface area contributed by atoms with E-state index in [1.807, 2.05) is 0 Å². The van der Waals surface area contributed by atoms with Crippen molar-refractivity contribution in [2.75, 3.05) is 0 Å². The van der Waals surface area contributed by atoms with E-state index in [0.29, 0.717) is 10.6 Å². The van der Waals surface area contributed by atoms with E-state index in [9.17, 15) is 14.4 Å². The number of hydrogen-bond donors (Lipinski definition) is 2. The molecule has 2 rings (SSSR count). The molecule has 0 radical (unpaired) electrons. The number of benzene rings is 1. The summed E-state index contributed by atoms with van der Waals surface area (Å²) in [5, 5.41) is 11.5. The van der Waals surface area contributed by atoms with Crippen molar-refractivity contribution in [3.63, 3.8) is 0 Å². The second-order valence-electron chi connectivity index (χ2n) is 4.15. The molecule has 6 nitrogen and oxygen atoms in total. The summed E-state index contributed by atoms with van der Waals surface area (Å²) in [4.78, 5) is 35.1. The molecule has 1 saturated heterocycles. The largest absolute Gasteiger partial charge is 0.481 e. The molecule has 19 heavy (non-hydrogen) atoms. The maximum atomic E-state index is 11.9. The van der Waals surface area contributed by atoms with Crippen LogP contribution in [0.4, 0.5) is 4.79 Å². The van der Waals surface area contributed by atoms with Gasteiger partial charge in [0.1, 0.15) is 6.04 Å². The van der Waals surface area contributed by atoms with E-state index in [1.54, 1.807) is 24.3 Å². The Hall–Kier alpha value is -2.08. The number of carbonyl (C=O) groups excluding carboxylic acids is 2. The lowest BCUT2D eigenvalue weighted by Crippen LogP contribution is -2.32. The van der Waals surface area contributed by atoms with Gasteiger partial charge in [-0.1, -0.05) is 23.7 Å². The number of carboxylic acids is 1. The highest BCUT2D eigenvalue weighted by atomic mass is 35.5. The van der Waals surface area contributed by atoms with Gasteiger partial charge < -0.3 is 10.4 Å². The monoisotopic (exact) mass is 282 g/mol. The van der Waals surface area contributed by atoms with Crippen molar-refractivity contribution in [2.24, 2.45) is 0 Å². The van der Waals surface area contributed by atoms with Gasteiger partial charge in [-0.15, -0.1) is 0 Å². The predicted molar refractivity (Wildman–Crippen MR) is 66.6 cm³/mol. The van der Waals surface area contributed by atoms with Gasteiger partial charge in [0.25, 0.3) is 5.91 Å². The SMILES string of the molecule is O=C(O)CC1NC(=O)N(Cc2cccc(Cl)c2)C1=O. The van der Waals surface area contributed by atoms with Crippen molar-refractivity contribution in [3.8, 4) is 0 Å². The zero-order valence-electron chi connectivity index (χ0n) is 9.80. The molecule has 0 spiro atoms. The summed E-state index contributed by atoms with van der Waals surface area (Å²) in [6.45, 7) is 0.0708. The predicted octanol–water partition coefficient (Wildman–Crippen LogP) is 1.24. The average Bonchev–Trinajstić information content (AvgIpc) is 2.56. The summed E-state index contributed by atoms with van der Waals surface area (Å²) >= 11 is 5.82. The Balaban J connectivity index is 2.10. The molecule has 1 unspecified atom stereocenters. The molecule has 1 aromatic rings. The number of imide groups is 1. The Morgan fingerprint density at radius 3 is 2.79 bits per heavy atom. The Kier molecular flexibility index (Phi) is 3.71. The minimum absolute atomic E-state index is 0.0708. The smallest absolute Gasteiger partial charge is 0.325 e. The first kappa shape index (κ1) is 13.4. The molecule has 100 valence electrons. The fraction of sp³-hybridized carbons (Fsp3) is 0.250. The van der Waals surface area contributed by atoms with Crippen LogP contribution in [0, 0.1) is 0 Å². The number of amides is 3. The van der Waals surface area contributed by atoms with E-state index in [2.05, 4.69) is 5.32 Å². The molecule has 1 fully saturated rings. The molecule has 1 atom stereocenters. The normalized spacial score (nSPS) is 18.6. The highest BCUT2D eigenvalue weighted by Crippen LogP contribution is 2.16. The van der Waals surface area contributed by atoms with Crippen molar-refractivity contribution in [1.29, 1.82) is 0 Å². The van der Waals surface area contributed by atoms with Crippen LogP contribution in [-0.2, 0) is 16.1 Å². The zero-order chi connectivity index (χ0) is 14.0. The first-order valence-electron chi connectivity index (χ1n) is 5.55. The molecule has 1 heterocycles. The van der Waals surface area contributed by atoms with Crippen LogP contribution < -0.4 is 5.32 Å². The lowest BCUT2D eigenvalue weighted by atomic mass is 10.2. The van der Waals surface area contributed by atoms with Gasteiger partial charge in [-0.25, -0.2) is 4.79 Å². The fourth-order valence-corrected chi connectivity index (χ4v) is 2.07. The number of urea groups is 1. The second-order valence-corrected chi connectivity index (χ2v) is 4.59. The highest BCUT2D eigenvalue weighted by molar-refractivity contribution is 6.30. The van der Waals surface area contributed by atoms with Crippen LogP contribution in [0.25, 0.3) is 0 Å². The molecular weight excluding hydrogens is 272 g/mol. The van der Waals surface area contributed by atoms with Gasteiger partial charge in [0.05, 0.1) is 13.0 Å². The number of rotatable bonds is 4. The summed E-state index contributed by atoms with van der Waals surface area (Å²) in [5.41, 5.74) is 0.701. The quantitative estimate of drug-likeness (QED) is 0.813. The number of carboxylic acid groups (broad SMARTS) is 1. The van der Waals surface area contributed by atoms with Crippen molar-refractivity contribution < 1.29 is 19.5 Å². The Morgan fingerprint density at radius 1 is 1.42 bits per heavy atom. The third-order valence-corrected chi connectivity index (χ3v) is 2.95. The molecular formula is C12H11ClN2O4. The third kappa shape index (κ3) is 3.03. The standard InChI is InChI=1S/C12H11ClN2O4/c13-8-3-1-2-7(4-8)6-15-11(18)9(5-10(16)17)14-12(15)19/h1-4,9H,5-6H2,(H,14,19)(H,16,17). The van der Waals surface area contributed by atoms with Crippen LogP contribution in [0.5, 0.6) is 0 Å². The minimum Gasteiger partial charge on any atom is -0.481 e. The number of halogens is 1. The summed E-state index contributed by atoms with van der Waals surface area (Å²) in [6, 6.07) is 5.19. The lowest BCUT2D eigenvalue weighted by Gasteiger charge is -2.12. The summed E-state index contributed by atoms with van der Waals surface area (Å²) in [5.74, 6) is -1.67. The van der Waals surface area contributed by atoms with Gasteiger partial charge in [-0.2, -0.15) is 0 Å². The Morgan fingerprint density at radius 2 is 2.16 bits per heavy atom. The van der Waals surface area contributed by atoms with E-state index in [-0.39, 0.29) is 6.54 Å². The number of hydrogen-bond acceptors (Lipinski definition) is 3. The van der Waals surface area contributed by atoms with Crippen LogP contribution in [0.1, 0.15) is 12.0 Å². The maximum absolute atomic E-state index is 11.9. The molecule has 3 amide bonds. The fourth-order valence-electron chi connectivity index (χ4n) is 1.86. The van der Waals surface area contributed by atoms with E-state index >= 15 is 0 Å². The molecule has 1 aliphatic heterocycles. The zero-order valence-corrected chi connectivity index (χ0v) is 10.6. The van der Waals surface area contributed by atoms with Crippen molar-refractivity contribution in [1.82, 2.24) is 10.2 Å². The van der Waals surface area contributed by atoms with Crippen LogP contribution in [0.15, 0.2) is 24.3 Å².